The van der Waals surface area contributed by atoms with Gasteiger partial charge in [-0.1, -0.05) is 28.9 Å². The number of nitrogens with zero attached hydrogens (tertiary/aromatic N) is 1. The molecule has 0 fully saturated rings. The van der Waals surface area contributed by atoms with E-state index in [9.17, 15) is 14.7 Å². The van der Waals surface area contributed by atoms with Crippen molar-refractivity contribution >= 4 is 28.9 Å². The van der Waals surface area contributed by atoms with E-state index in [2.05, 4.69) is 5.16 Å². The van der Waals surface area contributed by atoms with Gasteiger partial charge in [0.25, 0.3) is 5.79 Å². The van der Waals surface area contributed by atoms with Crippen molar-refractivity contribution in [2.24, 2.45) is 5.16 Å². The summed E-state index contributed by atoms with van der Waals surface area (Å²) in [5, 5.41) is 15.0. The van der Waals surface area contributed by atoms with Crippen molar-refractivity contribution in [3.05, 3.63) is 46.0 Å². The first-order chi connectivity index (χ1) is 11.2. The van der Waals surface area contributed by atoms with Crippen LogP contribution in [-0.2, 0) is 19.2 Å². The van der Waals surface area contributed by atoms with Gasteiger partial charge in [0.15, 0.2) is 17.4 Å². The third-order valence-corrected chi connectivity index (χ3v) is 4.30. The molecule has 7 heteroatoms. The number of hydrogen-bond donors (Lipinski definition) is 1. The van der Waals surface area contributed by atoms with Crippen LogP contribution in [0.15, 0.2) is 40.6 Å². The van der Waals surface area contributed by atoms with Gasteiger partial charge in [0, 0.05) is 5.02 Å². The minimum absolute atomic E-state index is 0.00714. The number of ketones is 2. The molecule has 24 heavy (non-hydrogen) atoms. The second-order valence-electron chi connectivity index (χ2n) is 6.01. The van der Waals surface area contributed by atoms with Gasteiger partial charge >= 0.3 is 0 Å². The van der Waals surface area contributed by atoms with Crippen LogP contribution in [0.5, 0.6) is 0 Å². The van der Waals surface area contributed by atoms with E-state index in [-0.39, 0.29) is 17.6 Å². The summed E-state index contributed by atoms with van der Waals surface area (Å²) in [5.41, 5.74) is 1.19. The van der Waals surface area contributed by atoms with E-state index >= 15 is 0 Å². The molecule has 2 heterocycles. The summed E-state index contributed by atoms with van der Waals surface area (Å²) in [5.74, 6) is -4.38. The maximum atomic E-state index is 12.1. The first kappa shape index (κ1) is 16.8. The second kappa shape index (κ2) is 5.51. The lowest BCUT2D eigenvalue weighted by molar-refractivity contribution is -0.281. The van der Waals surface area contributed by atoms with Crippen molar-refractivity contribution in [1.29, 1.82) is 0 Å². The molecule has 2 aliphatic heterocycles. The molecule has 6 nitrogen and oxygen atoms in total. The minimum Gasteiger partial charge on any atom is -0.362 e. The number of ether oxygens (including phenoxy) is 1. The van der Waals surface area contributed by atoms with Crippen molar-refractivity contribution in [2.45, 2.75) is 38.8 Å². The number of halogens is 1. The highest BCUT2D eigenvalue weighted by atomic mass is 35.5. The molecule has 2 atom stereocenters. The summed E-state index contributed by atoms with van der Waals surface area (Å²) >= 11 is 5.88. The Morgan fingerprint density at radius 3 is 2.29 bits per heavy atom. The highest BCUT2D eigenvalue weighted by molar-refractivity contribution is 6.30. The zero-order valence-electron chi connectivity index (χ0n) is 13.4. The van der Waals surface area contributed by atoms with Gasteiger partial charge in [-0.15, -0.1) is 0 Å². The summed E-state index contributed by atoms with van der Waals surface area (Å²) in [6.07, 6.45) is 0.0937. The fraction of sp³-hybridized carbons (Fsp3) is 0.353. The largest absolute Gasteiger partial charge is 0.362 e. The Labute approximate surface area is 143 Å². The number of oxime groups is 1. The molecule has 126 valence electrons. The fourth-order valence-electron chi connectivity index (χ4n) is 3.19. The Morgan fingerprint density at radius 2 is 1.75 bits per heavy atom. The minimum atomic E-state index is -1.92. The van der Waals surface area contributed by atoms with E-state index in [4.69, 9.17) is 21.2 Å². The topological polar surface area (TPSA) is 85.2 Å². The van der Waals surface area contributed by atoms with E-state index in [1.807, 2.05) is 0 Å². The number of rotatable bonds is 3. The third kappa shape index (κ3) is 2.56. The fourth-order valence-corrected chi connectivity index (χ4v) is 3.32. The zero-order chi connectivity index (χ0) is 17.7. The van der Waals surface area contributed by atoms with Crippen LogP contribution in [0.2, 0.25) is 5.02 Å². The molecule has 0 aromatic heterocycles. The van der Waals surface area contributed by atoms with Gasteiger partial charge in [0.1, 0.15) is 0 Å². The molecule has 2 aliphatic rings. The van der Waals surface area contributed by atoms with E-state index in [0.29, 0.717) is 10.7 Å². The summed E-state index contributed by atoms with van der Waals surface area (Å²) in [6, 6.07) is 6.94. The van der Waals surface area contributed by atoms with E-state index in [1.54, 1.807) is 24.3 Å². The SMILES string of the molecule is CC(=O)C1=C(C(C)=O)[C@@](C)(O)O[C@]12CC(c1ccc(Cl)cc1)=NO2. The normalized spacial score (nSPS) is 29.0. The van der Waals surface area contributed by atoms with Crippen LogP contribution in [0, 0.1) is 0 Å². The molecule has 0 amide bonds. The average molecular weight is 350 g/mol. The number of carbonyl (C=O) groups excluding carboxylic acids is 2. The Hall–Kier alpha value is -2.02. The maximum absolute atomic E-state index is 12.1. The summed E-state index contributed by atoms with van der Waals surface area (Å²) < 4.78 is 5.60. The molecule has 1 N–H and O–H groups in total. The second-order valence-corrected chi connectivity index (χ2v) is 6.45. The Bertz CT molecular complexity index is 794. The number of Topliss-reactive ketones (excluding diaryl/α,β-unsaturated/α-hetero) is 2. The molecule has 0 saturated carbocycles. The average Bonchev–Trinajstić information content (AvgIpc) is 2.98. The highest BCUT2D eigenvalue weighted by Gasteiger charge is 2.60. The number of carbonyl (C=O) groups is 2. The molecular formula is C17H16ClNO5. The van der Waals surface area contributed by atoms with Gasteiger partial charge in [0.2, 0.25) is 0 Å². The molecule has 1 aromatic carbocycles. The molecule has 0 unspecified atom stereocenters. The Morgan fingerprint density at radius 1 is 1.17 bits per heavy atom. The first-order valence-electron chi connectivity index (χ1n) is 7.37. The van der Waals surface area contributed by atoms with E-state index in [0.717, 1.165) is 5.56 Å². The predicted molar refractivity (Wildman–Crippen MR) is 86.5 cm³/mol. The maximum Gasteiger partial charge on any atom is 0.275 e. The molecule has 0 aliphatic carbocycles. The van der Waals surface area contributed by atoms with Crippen molar-refractivity contribution in [2.75, 3.05) is 0 Å². The van der Waals surface area contributed by atoms with Gasteiger partial charge in [-0.25, -0.2) is 0 Å². The van der Waals surface area contributed by atoms with Crippen molar-refractivity contribution in [1.82, 2.24) is 0 Å². The van der Waals surface area contributed by atoms with Crippen LogP contribution in [0.3, 0.4) is 0 Å². The number of hydrogen-bond acceptors (Lipinski definition) is 6. The molecule has 1 aromatic rings. The van der Waals surface area contributed by atoms with Crippen LogP contribution < -0.4 is 0 Å². The number of aliphatic hydroxyl groups is 1. The van der Waals surface area contributed by atoms with Gasteiger partial charge in [-0.05, 0) is 38.5 Å². The van der Waals surface area contributed by atoms with Crippen LogP contribution >= 0.6 is 11.6 Å². The van der Waals surface area contributed by atoms with Crippen molar-refractivity contribution < 1.29 is 24.3 Å². The molecular weight excluding hydrogens is 334 g/mol. The Balaban J connectivity index is 2.02. The van der Waals surface area contributed by atoms with Crippen molar-refractivity contribution in [3.63, 3.8) is 0 Å². The lowest BCUT2D eigenvalue weighted by Crippen LogP contribution is -2.39. The summed E-state index contributed by atoms with van der Waals surface area (Å²) in [6.45, 7) is 3.88. The molecule has 3 rings (SSSR count). The van der Waals surface area contributed by atoms with Gasteiger partial charge in [-0.2, -0.15) is 0 Å². The van der Waals surface area contributed by atoms with Gasteiger partial charge in [-0.3, -0.25) is 14.3 Å². The highest BCUT2D eigenvalue weighted by Crippen LogP contribution is 2.47. The quantitative estimate of drug-likeness (QED) is 0.905. The molecule has 1 spiro atoms. The number of benzene rings is 1. The Kier molecular flexibility index (Phi) is 3.86. The predicted octanol–water partition coefficient (Wildman–Crippen LogP) is 2.37. The smallest absolute Gasteiger partial charge is 0.275 e. The molecule has 0 saturated heterocycles. The van der Waals surface area contributed by atoms with Crippen LogP contribution in [0.4, 0.5) is 0 Å². The molecule has 0 bridgehead atoms. The van der Waals surface area contributed by atoms with Gasteiger partial charge < -0.3 is 9.94 Å². The zero-order valence-corrected chi connectivity index (χ0v) is 14.2. The summed E-state index contributed by atoms with van der Waals surface area (Å²) in [4.78, 5) is 29.5. The van der Waals surface area contributed by atoms with Crippen molar-refractivity contribution in [3.8, 4) is 0 Å². The van der Waals surface area contributed by atoms with Crippen LogP contribution in [0.1, 0.15) is 32.8 Å². The summed E-state index contributed by atoms with van der Waals surface area (Å²) in [7, 11) is 0. The van der Waals surface area contributed by atoms with Gasteiger partial charge in [0.05, 0.1) is 23.3 Å². The monoisotopic (exact) mass is 349 g/mol. The lowest BCUT2D eigenvalue weighted by Gasteiger charge is -2.26. The molecule has 0 radical (unpaired) electrons. The van der Waals surface area contributed by atoms with Crippen LogP contribution in [-0.4, -0.2) is 34.0 Å². The lowest BCUT2D eigenvalue weighted by atomic mass is 9.90. The standard InChI is InChI=1S/C17H16ClNO5/c1-9(20)14-15(10(2)21)17(23-16(14,3)22)8-13(19-24-17)11-4-6-12(18)7-5-11/h4-7,22H,8H2,1-3H3/t16-,17-/m0/s1. The van der Waals surface area contributed by atoms with E-state index in [1.165, 1.54) is 20.8 Å². The van der Waals surface area contributed by atoms with E-state index < -0.39 is 23.1 Å². The van der Waals surface area contributed by atoms with Crippen LogP contribution in [0.25, 0.3) is 0 Å². The third-order valence-electron chi connectivity index (χ3n) is 4.04. The first-order valence-corrected chi connectivity index (χ1v) is 7.75.